The quantitative estimate of drug-likeness (QED) is 0.742. The van der Waals surface area contributed by atoms with Crippen molar-refractivity contribution in [2.24, 2.45) is 0 Å². The summed E-state index contributed by atoms with van der Waals surface area (Å²) in [5.41, 5.74) is 2.17. The van der Waals surface area contributed by atoms with E-state index in [1.54, 1.807) is 28.1 Å². The topological polar surface area (TPSA) is 90.5 Å². The summed E-state index contributed by atoms with van der Waals surface area (Å²) in [6, 6.07) is 3.73. The van der Waals surface area contributed by atoms with Crippen LogP contribution >= 0.6 is 0 Å². The van der Waals surface area contributed by atoms with Crippen molar-refractivity contribution in [2.45, 2.75) is 33.4 Å². The normalized spacial score (nSPS) is 10.8. The van der Waals surface area contributed by atoms with Crippen LogP contribution in [0.2, 0.25) is 0 Å². The molecule has 3 heterocycles. The number of aryl methyl sites for hydroxylation is 2. The molecule has 24 heavy (non-hydrogen) atoms. The lowest BCUT2D eigenvalue weighted by atomic mass is 10.2. The van der Waals surface area contributed by atoms with E-state index in [1.807, 2.05) is 19.1 Å². The van der Waals surface area contributed by atoms with Crippen molar-refractivity contribution in [1.82, 2.24) is 34.8 Å². The number of aromatic nitrogens is 6. The van der Waals surface area contributed by atoms with Gasteiger partial charge in [0.2, 0.25) is 0 Å². The number of nitrogens with one attached hydrogen (secondary N) is 1. The molecular weight excluding hydrogens is 306 g/mol. The van der Waals surface area contributed by atoms with Crippen molar-refractivity contribution in [1.29, 1.82) is 0 Å². The van der Waals surface area contributed by atoms with Crippen LogP contribution in [0.3, 0.4) is 0 Å². The molecule has 0 atom stereocenters. The number of carbonyl (C=O) groups excluding carboxylic acids is 1. The Balaban J connectivity index is 1.73. The van der Waals surface area contributed by atoms with Gasteiger partial charge in [0.05, 0.1) is 11.3 Å². The van der Waals surface area contributed by atoms with E-state index in [0.29, 0.717) is 17.9 Å². The standard InChI is InChI=1S/C16H19N7O/c1-3-7-22-9-14(12(2)21-22)16(24)19-8-13-5-4-6-18-15(13)23-11-17-10-20-23/h4-6,9-11H,3,7-8H2,1-2H3,(H,19,24). The zero-order valence-electron chi connectivity index (χ0n) is 13.7. The number of hydrogen-bond acceptors (Lipinski definition) is 5. The summed E-state index contributed by atoms with van der Waals surface area (Å²) >= 11 is 0. The van der Waals surface area contributed by atoms with Gasteiger partial charge in [-0.05, 0) is 19.4 Å². The van der Waals surface area contributed by atoms with Crippen molar-refractivity contribution in [3.8, 4) is 5.82 Å². The Morgan fingerprint density at radius 2 is 2.25 bits per heavy atom. The van der Waals surface area contributed by atoms with Gasteiger partial charge in [0.15, 0.2) is 5.82 Å². The van der Waals surface area contributed by atoms with E-state index >= 15 is 0 Å². The lowest BCUT2D eigenvalue weighted by molar-refractivity contribution is 0.0950. The molecule has 3 rings (SSSR count). The predicted molar refractivity (Wildman–Crippen MR) is 87.6 cm³/mol. The van der Waals surface area contributed by atoms with Crippen molar-refractivity contribution in [3.63, 3.8) is 0 Å². The Morgan fingerprint density at radius 1 is 1.38 bits per heavy atom. The van der Waals surface area contributed by atoms with Crippen LogP contribution in [-0.2, 0) is 13.1 Å². The maximum Gasteiger partial charge on any atom is 0.255 e. The predicted octanol–water partition coefficient (Wildman–Crippen LogP) is 1.51. The molecule has 0 spiro atoms. The van der Waals surface area contributed by atoms with Crippen molar-refractivity contribution in [2.75, 3.05) is 0 Å². The van der Waals surface area contributed by atoms with Gasteiger partial charge in [-0.15, -0.1) is 0 Å². The van der Waals surface area contributed by atoms with E-state index in [9.17, 15) is 4.79 Å². The Kier molecular flexibility index (Phi) is 4.64. The van der Waals surface area contributed by atoms with E-state index in [2.05, 4.69) is 32.4 Å². The van der Waals surface area contributed by atoms with Crippen LogP contribution in [0, 0.1) is 6.92 Å². The largest absolute Gasteiger partial charge is 0.348 e. The molecule has 3 aromatic heterocycles. The fraction of sp³-hybridized carbons (Fsp3) is 0.312. The van der Waals surface area contributed by atoms with Gasteiger partial charge in [-0.1, -0.05) is 13.0 Å². The highest BCUT2D eigenvalue weighted by atomic mass is 16.1. The highest BCUT2D eigenvalue weighted by Crippen LogP contribution is 2.11. The molecule has 0 aromatic carbocycles. The van der Waals surface area contributed by atoms with Crippen LogP contribution < -0.4 is 5.32 Å². The lowest BCUT2D eigenvalue weighted by Crippen LogP contribution is -2.24. The van der Waals surface area contributed by atoms with Gasteiger partial charge in [0.25, 0.3) is 5.91 Å². The Hall–Kier alpha value is -3.03. The molecule has 1 amide bonds. The van der Waals surface area contributed by atoms with Crippen molar-refractivity contribution >= 4 is 5.91 Å². The highest BCUT2D eigenvalue weighted by molar-refractivity contribution is 5.95. The summed E-state index contributed by atoms with van der Waals surface area (Å²) < 4.78 is 3.38. The van der Waals surface area contributed by atoms with Crippen LogP contribution in [-0.4, -0.2) is 35.4 Å². The second kappa shape index (κ2) is 7.03. The van der Waals surface area contributed by atoms with E-state index in [-0.39, 0.29) is 5.91 Å². The Morgan fingerprint density at radius 3 is 3.00 bits per heavy atom. The van der Waals surface area contributed by atoms with Gasteiger partial charge >= 0.3 is 0 Å². The van der Waals surface area contributed by atoms with Gasteiger partial charge < -0.3 is 5.32 Å². The minimum absolute atomic E-state index is 0.150. The molecule has 0 saturated heterocycles. The average Bonchev–Trinajstić information content (AvgIpc) is 3.23. The summed E-state index contributed by atoms with van der Waals surface area (Å²) in [5, 5.41) is 11.4. The zero-order chi connectivity index (χ0) is 16.9. The van der Waals surface area contributed by atoms with Crippen LogP contribution in [0.25, 0.3) is 5.82 Å². The number of hydrogen-bond donors (Lipinski definition) is 1. The van der Waals surface area contributed by atoms with Gasteiger partial charge in [0, 0.05) is 31.0 Å². The summed E-state index contributed by atoms with van der Waals surface area (Å²) in [7, 11) is 0. The van der Waals surface area contributed by atoms with Gasteiger partial charge in [-0.3, -0.25) is 9.48 Å². The molecule has 0 aliphatic rings. The van der Waals surface area contributed by atoms with E-state index < -0.39 is 0 Å². The third-order valence-electron chi connectivity index (χ3n) is 3.59. The molecule has 0 unspecified atom stereocenters. The molecule has 0 fully saturated rings. The third-order valence-corrected chi connectivity index (χ3v) is 3.59. The molecular formula is C16H19N7O. The zero-order valence-corrected chi connectivity index (χ0v) is 13.7. The molecule has 0 saturated carbocycles. The van der Waals surface area contributed by atoms with Crippen molar-refractivity contribution in [3.05, 3.63) is 54.0 Å². The smallest absolute Gasteiger partial charge is 0.255 e. The first kappa shape index (κ1) is 15.9. The average molecular weight is 325 g/mol. The lowest BCUT2D eigenvalue weighted by Gasteiger charge is -2.09. The monoisotopic (exact) mass is 325 g/mol. The number of carbonyl (C=O) groups is 1. The summed E-state index contributed by atoms with van der Waals surface area (Å²) in [6.45, 7) is 5.06. The molecule has 8 heteroatoms. The summed E-state index contributed by atoms with van der Waals surface area (Å²) in [5.74, 6) is 0.497. The summed E-state index contributed by atoms with van der Waals surface area (Å²) in [6.07, 6.45) is 7.46. The van der Waals surface area contributed by atoms with Gasteiger partial charge in [-0.25, -0.2) is 14.6 Å². The maximum absolute atomic E-state index is 12.4. The molecule has 0 aliphatic heterocycles. The first-order chi connectivity index (χ1) is 11.7. The fourth-order valence-electron chi connectivity index (χ4n) is 2.45. The third kappa shape index (κ3) is 3.32. The second-order valence-corrected chi connectivity index (χ2v) is 5.40. The number of rotatable bonds is 6. The number of pyridine rings is 1. The molecule has 0 aliphatic carbocycles. The van der Waals surface area contributed by atoms with E-state index in [0.717, 1.165) is 24.2 Å². The van der Waals surface area contributed by atoms with Gasteiger partial charge in [0.1, 0.15) is 12.7 Å². The molecule has 3 aromatic rings. The van der Waals surface area contributed by atoms with Crippen LogP contribution in [0.4, 0.5) is 0 Å². The molecule has 8 nitrogen and oxygen atoms in total. The minimum atomic E-state index is -0.150. The van der Waals surface area contributed by atoms with Crippen LogP contribution in [0.15, 0.2) is 37.2 Å². The van der Waals surface area contributed by atoms with Crippen molar-refractivity contribution < 1.29 is 4.79 Å². The van der Waals surface area contributed by atoms with Gasteiger partial charge in [-0.2, -0.15) is 10.2 Å². The molecule has 0 radical (unpaired) electrons. The number of nitrogens with zero attached hydrogens (tertiary/aromatic N) is 6. The maximum atomic E-state index is 12.4. The van der Waals surface area contributed by atoms with Crippen LogP contribution in [0.1, 0.15) is 35.0 Å². The first-order valence-corrected chi connectivity index (χ1v) is 7.80. The highest BCUT2D eigenvalue weighted by Gasteiger charge is 2.14. The first-order valence-electron chi connectivity index (χ1n) is 7.80. The Labute approximate surface area is 139 Å². The molecule has 124 valence electrons. The minimum Gasteiger partial charge on any atom is -0.348 e. The Bertz CT molecular complexity index is 823. The fourth-order valence-corrected chi connectivity index (χ4v) is 2.45. The molecule has 1 N–H and O–H groups in total. The second-order valence-electron chi connectivity index (χ2n) is 5.40. The number of amides is 1. The van der Waals surface area contributed by atoms with E-state index in [4.69, 9.17) is 0 Å². The summed E-state index contributed by atoms with van der Waals surface area (Å²) in [4.78, 5) is 20.7. The van der Waals surface area contributed by atoms with E-state index in [1.165, 1.54) is 6.33 Å². The SMILES string of the molecule is CCCn1cc(C(=O)NCc2cccnc2-n2cncn2)c(C)n1. The van der Waals surface area contributed by atoms with Crippen LogP contribution in [0.5, 0.6) is 0 Å². The molecule has 0 bridgehead atoms.